The van der Waals surface area contributed by atoms with Crippen molar-refractivity contribution in [2.24, 2.45) is 0 Å². The molecule has 9 nitrogen and oxygen atoms in total. The Morgan fingerprint density at radius 2 is 0.390 bits per heavy atom. The highest BCUT2D eigenvalue weighted by molar-refractivity contribution is 6.24. The Morgan fingerprint density at radius 3 is 0.686 bits per heavy atom. The summed E-state index contributed by atoms with van der Waals surface area (Å²) >= 11 is 0. The van der Waals surface area contributed by atoms with Gasteiger partial charge in [0.05, 0.1) is 50.2 Å². The van der Waals surface area contributed by atoms with Crippen molar-refractivity contribution < 1.29 is 0 Å². The quantitative estimate of drug-likeness (QED) is 0.128. The summed E-state index contributed by atoms with van der Waals surface area (Å²) in [5, 5.41) is 13.7. The number of hydrogen-bond donors (Lipinski definition) is 0. The van der Waals surface area contributed by atoms with E-state index in [-0.39, 0.29) is 0 Å². The molecule has 0 amide bonds. The topological polar surface area (TPSA) is 92.1 Å². The van der Waals surface area contributed by atoms with E-state index in [1.807, 2.05) is 72.8 Å². The van der Waals surface area contributed by atoms with E-state index < -0.39 is 0 Å². The second kappa shape index (κ2) is 24.2. The smallest absolute Gasteiger partial charge is 0.164 e. The van der Waals surface area contributed by atoms with Gasteiger partial charge < -0.3 is 13.7 Å². The van der Waals surface area contributed by atoms with Crippen LogP contribution in [0.3, 0.4) is 0 Å². The molecule has 0 N–H and O–H groups in total. The Labute approximate surface area is 603 Å². The molecule has 0 spiro atoms. The maximum Gasteiger partial charge on any atom is 0.164 e. The van der Waals surface area contributed by atoms with Crippen molar-refractivity contribution in [1.82, 2.24) is 43.6 Å². The molecule has 5 aromatic heterocycles. The zero-order valence-electron chi connectivity index (χ0n) is 56.6. The molecule has 9 heteroatoms. The van der Waals surface area contributed by atoms with Gasteiger partial charge in [-0.3, -0.25) is 0 Å². The SMILES string of the molecule is c1ccc(-c2nc(-c3ccccc3)nc(-c3ccc(-c4cc(-c5ccc(-c6nc(-c7ccccc7)nc(-c7ccccc7)n6)cc5)c(-n5c6ccccc6c6ccc7ccccc7c65)c(-n5c6ccccc6c6ccc7ccccc7c65)c4-n4c5ccccc5c5ccc6ccccc6c54)cc3)n2)cc1. The number of benzene rings is 16. The fraction of sp³-hybridized carbons (Fsp3) is 0. The third-order valence-electron chi connectivity index (χ3n) is 20.9. The van der Waals surface area contributed by atoms with Crippen LogP contribution in [0.5, 0.6) is 0 Å². The second-order valence-electron chi connectivity index (χ2n) is 26.9. The average Bonchev–Trinajstić information content (AvgIpc) is 1.56. The van der Waals surface area contributed by atoms with Crippen molar-refractivity contribution in [3.05, 3.63) is 358 Å². The Hall–Kier alpha value is -14.3. The van der Waals surface area contributed by atoms with Crippen LogP contribution in [0.25, 0.3) is 205 Å². The highest BCUT2D eigenvalue weighted by atomic mass is 15.1. The predicted octanol–water partition coefficient (Wildman–Crippen LogP) is 24.1. The fourth-order valence-corrected chi connectivity index (χ4v) is 16.1. The molecule has 488 valence electrons. The van der Waals surface area contributed by atoms with Gasteiger partial charge >= 0.3 is 0 Å². The zero-order chi connectivity index (χ0) is 69.1. The number of aromatic nitrogens is 9. The molecule has 16 aromatic carbocycles. The molecule has 0 aliphatic heterocycles. The Bertz CT molecular complexity index is 6580. The van der Waals surface area contributed by atoms with Gasteiger partial charge in [-0.2, -0.15) is 0 Å². The zero-order valence-corrected chi connectivity index (χ0v) is 56.6. The van der Waals surface area contributed by atoms with Gasteiger partial charge in [0.2, 0.25) is 0 Å². The van der Waals surface area contributed by atoms with E-state index in [1.165, 1.54) is 0 Å². The van der Waals surface area contributed by atoms with Crippen molar-refractivity contribution in [2.75, 3.05) is 0 Å². The minimum absolute atomic E-state index is 0.570. The lowest BCUT2D eigenvalue weighted by atomic mass is 9.91. The van der Waals surface area contributed by atoms with E-state index >= 15 is 0 Å². The summed E-state index contributed by atoms with van der Waals surface area (Å²) in [7, 11) is 0. The highest BCUT2D eigenvalue weighted by Crippen LogP contribution is 2.52. The van der Waals surface area contributed by atoms with Gasteiger partial charge in [-0.15, -0.1) is 0 Å². The molecule has 105 heavy (non-hydrogen) atoms. The molecular formula is C96H59N9. The monoisotopic (exact) mass is 1340 g/mol. The van der Waals surface area contributed by atoms with E-state index in [9.17, 15) is 0 Å². The summed E-state index contributed by atoms with van der Waals surface area (Å²) in [4.78, 5) is 31.3. The van der Waals surface area contributed by atoms with E-state index in [0.717, 1.165) is 170 Å². The first-order chi connectivity index (χ1) is 52.1. The highest BCUT2D eigenvalue weighted by Gasteiger charge is 2.32. The van der Waals surface area contributed by atoms with Gasteiger partial charge in [0.1, 0.15) is 0 Å². The lowest BCUT2D eigenvalue weighted by Crippen LogP contribution is -2.13. The number of fused-ring (bicyclic) bond motifs is 15. The molecule has 0 bridgehead atoms. The molecule has 0 saturated heterocycles. The van der Waals surface area contributed by atoms with Crippen LogP contribution in [-0.4, -0.2) is 43.6 Å². The lowest BCUT2D eigenvalue weighted by molar-refractivity contribution is 1.06. The number of para-hydroxylation sites is 3. The van der Waals surface area contributed by atoms with Crippen LogP contribution in [0.4, 0.5) is 0 Å². The van der Waals surface area contributed by atoms with E-state index in [0.29, 0.717) is 34.9 Å². The van der Waals surface area contributed by atoms with E-state index in [2.05, 4.69) is 299 Å². The third-order valence-corrected chi connectivity index (χ3v) is 20.9. The normalized spacial score (nSPS) is 11.8. The second-order valence-corrected chi connectivity index (χ2v) is 26.9. The molecule has 0 saturated carbocycles. The summed E-state index contributed by atoms with van der Waals surface area (Å²) in [6, 6.07) is 129. The first-order valence-electron chi connectivity index (χ1n) is 35.5. The molecule has 5 heterocycles. The fourth-order valence-electron chi connectivity index (χ4n) is 16.1. The summed E-state index contributed by atoms with van der Waals surface area (Å²) < 4.78 is 7.85. The summed E-state index contributed by atoms with van der Waals surface area (Å²) in [5.74, 6) is 3.53. The van der Waals surface area contributed by atoms with Crippen LogP contribution >= 0.6 is 0 Å². The van der Waals surface area contributed by atoms with Crippen LogP contribution in [0, 0.1) is 0 Å². The Balaban J connectivity index is 0.951. The largest absolute Gasteiger partial charge is 0.306 e. The van der Waals surface area contributed by atoms with Crippen LogP contribution in [0.15, 0.2) is 358 Å². The van der Waals surface area contributed by atoms with Crippen molar-refractivity contribution in [3.8, 4) is 108 Å². The molecule has 0 atom stereocenters. The maximum atomic E-state index is 5.28. The first-order valence-corrected chi connectivity index (χ1v) is 35.5. The lowest BCUT2D eigenvalue weighted by Gasteiger charge is -2.28. The number of nitrogens with zero attached hydrogens (tertiary/aromatic N) is 9. The minimum atomic E-state index is 0.570. The van der Waals surface area contributed by atoms with Gasteiger partial charge in [0.15, 0.2) is 34.9 Å². The van der Waals surface area contributed by atoms with Crippen molar-refractivity contribution in [1.29, 1.82) is 0 Å². The molecule has 0 fully saturated rings. The minimum Gasteiger partial charge on any atom is -0.306 e. The molecule has 0 radical (unpaired) electrons. The van der Waals surface area contributed by atoms with Crippen LogP contribution < -0.4 is 0 Å². The standard InChI is InChI=1S/C96H59N9/c1-5-28-65(29-6-1)91-97-92(66-30-7-2-8-31-66)100-95(99-91)69-49-45-63(46-50-69)80-59-81(64-47-51-70(52-48-64)96-101-93(67-32-9-3-10-33-67)98-94(102-96)68-34-11-4-12-35-68)89(104-83-43-23-20-40-75(83)78-57-54-61-26-14-17-37-72(61)86(78)104)90(105-84-44-24-21-41-76(84)79-58-55-62-27-15-18-38-73(62)87(79)105)88(80)103-82-42-22-19-39-74(82)77-56-53-60-25-13-16-36-71(60)85(77)103/h1-59H. The summed E-state index contributed by atoms with van der Waals surface area (Å²) in [6.45, 7) is 0. The van der Waals surface area contributed by atoms with Crippen LogP contribution in [-0.2, 0) is 0 Å². The van der Waals surface area contributed by atoms with Crippen molar-refractivity contribution in [3.63, 3.8) is 0 Å². The molecule has 21 rings (SSSR count). The molecule has 0 aliphatic rings. The van der Waals surface area contributed by atoms with Crippen molar-refractivity contribution >= 4 is 97.7 Å². The van der Waals surface area contributed by atoms with E-state index in [4.69, 9.17) is 29.9 Å². The van der Waals surface area contributed by atoms with E-state index in [1.54, 1.807) is 0 Å². The maximum absolute atomic E-state index is 5.28. The summed E-state index contributed by atoms with van der Waals surface area (Å²) in [5.41, 5.74) is 18.7. The third kappa shape index (κ3) is 9.70. The van der Waals surface area contributed by atoms with Gasteiger partial charge in [-0.25, -0.2) is 29.9 Å². The predicted molar refractivity (Wildman–Crippen MR) is 432 cm³/mol. The molecule has 21 aromatic rings. The van der Waals surface area contributed by atoms with Crippen molar-refractivity contribution in [2.45, 2.75) is 0 Å². The van der Waals surface area contributed by atoms with Gasteiger partial charge in [-0.1, -0.05) is 334 Å². The average molecular weight is 1340 g/mol. The van der Waals surface area contributed by atoms with Gasteiger partial charge in [-0.05, 0) is 51.6 Å². The van der Waals surface area contributed by atoms with Gasteiger partial charge in [0, 0.05) is 93.0 Å². The number of rotatable bonds is 11. The van der Waals surface area contributed by atoms with Gasteiger partial charge in [0.25, 0.3) is 0 Å². The first kappa shape index (κ1) is 59.6. The Kier molecular flexibility index (Phi) is 13.7. The summed E-state index contributed by atoms with van der Waals surface area (Å²) in [6.07, 6.45) is 0. The number of hydrogen-bond acceptors (Lipinski definition) is 6. The Morgan fingerprint density at radius 1 is 0.162 bits per heavy atom. The van der Waals surface area contributed by atoms with Crippen LogP contribution in [0.1, 0.15) is 0 Å². The molecule has 0 unspecified atom stereocenters. The van der Waals surface area contributed by atoms with Crippen LogP contribution in [0.2, 0.25) is 0 Å². The molecular weight excluding hydrogens is 1280 g/mol. The molecule has 0 aliphatic carbocycles.